The van der Waals surface area contributed by atoms with Gasteiger partial charge in [-0.25, -0.2) is 4.98 Å². The van der Waals surface area contributed by atoms with E-state index in [1.165, 1.54) is 0 Å². The van der Waals surface area contributed by atoms with Crippen molar-refractivity contribution in [1.82, 2.24) is 4.98 Å². The number of pyridine rings is 1. The Morgan fingerprint density at radius 1 is 1.53 bits per heavy atom. The number of likely N-dealkylation sites (N-methyl/N-ethyl adjacent to an activating group) is 1. The average Bonchev–Trinajstić information content (AvgIpc) is 2.17. The van der Waals surface area contributed by atoms with Crippen molar-refractivity contribution in [1.29, 1.82) is 0 Å². The van der Waals surface area contributed by atoms with Gasteiger partial charge in [0.25, 0.3) is 0 Å². The van der Waals surface area contributed by atoms with E-state index < -0.39 is 0 Å². The largest absolute Gasteiger partial charge is 0.396 e. The quantitative estimate of drug-likeness (QED) is 0.746. The van der Waals surface area contributed by atoms with Gasteiger partial charge in [0.1, 0.15) is 0 Å². The predicted molar refractivity (Wildman–Crippen MR) is 63.1 cm³/mol. The third-order valence-corrected chi connectivity index (χ3v) is 2.17. The van der Waals surface area contributed by atoms with Crippen molar-refractivity contribution in [3.8, 4) is 0 Å². The molecule has 1 heterocycles. The Kier molecular flexibility index (Phi) is 4.37. The second kappa shape index (κ2) is 5.56. The molecule has 0 fully saturated rings. The van der Waals surface area contributed by atoms with Crippen LogP contribution in [0.4, 0.5) is 11.5 Å². The van der Waals surface area contributed by atoms with Crippen LogP contribution in [0.2, 0.25) is 0 Å². The first-order chi connectivity index (χ1) is 7.15. The molecule has 4 heteroatoms. The van der Waals surface area contributed by atoms with Crippen LogP contribution >= 0.6 is 0 Å². The second-order valence-corrected chi connectivity index (χ2v) is 3.54. The number of rotatable bonds is 5. The standard InChI is InChI=1S/C11H19N3O/c1-4-15-6-5-14(3)11-10(12)7-9(2)8-13-11/h7-8H,4-6,12H2,1-3H3. The van der Waals surface area contributed by atoms with Gasteiger partial charge in [-0.15, -0.1) is 0 Å². The number of anilines is 2. The molecule has 0 atom stereocenters. The summed E-state index contributed by atoms with van der Waals surface area (Å²) in [4.78, 5) is 6.31. The molecule has 0 amide bonds. The van der Waals surface area contributed by atoms with Gasteiger partial charge in [-0.05, 0) is 25.5 Å². The van der Waals surface area contributed by atoms with Gasteiger partial charge in [-0.2, -0.15) is 0 Å². The second-order valence-electron chi connectivity index (χ2n) is 3.54. The first-order valence-corrected chi connectivity index (χ1v) is 5.16. The van der Waals surface area contributed by atoms with Crippen LogP contribution in [0, 0.1) is 6.92 Å². The molecule has 0 bridgehead atoms. The van der Waals surface area contributed by atoms with Crippen LogP contribution in [-0.2, 0) is 4.74 Å². The molecule has 0 aromatic carbocycles. The maximum absolute atomic E-state index is 5.88. The van der Waals surface area contributed by atoms with Gasteiger partial charge in [0.2, 0.25) is 0 Å². The first kappa shape index (κ1) is 11.8. The van der Waals surface area contributed by atoms with Gasteiger partial charge in [0, 0.05) is 26.4 Å². The van der Waals surface area contributed by atoms with Gasteiger partial charge >= 0.3 is 0 Å². The van der Waals surface area contributed by atoms with Crippen molar-refractivity contribution in [2.45, 2.75) is 13.8 Å². The fraction of sp³-hybridized carbons (Fsp3) is 0.545. The predicted octanol–water partition coefficient (Wildman–Crippen LogP) is 1.44. The van der Waals surface area contributed by atoms with Crippen LogP contribution in [0.25, 0.3) is 0 Å². The van der Waals surface area contributed by atoms with Crippen LogP contribution in [0.3, 0.4) is 0 Å². The monoisotopic (exact) mass is 209 g/mol. The molecule has 0 saturated carbocycles. The SMILES string of the molecule is CCOCCN(C)c1ncc(C)cc1N. The topological polar surface area (TPSA) is 51.4 Å². The van der Waals surface area contributed by atoms with Crippen molar-refractivity contribution < 1.29 is 4.74 Å². The molecular formula is C11H19N3O. The summed E-state index contributed by atoms with van der Waals surface area (Å²) < 4.78 is 5.28. The normalized spacial score (nSPS) is 10.3. The van der Waals surface area contributed by atoms with E-state index in [2.05, 4.69) is 4.98 Å². The number of hydrogen-bond acceptors (Lipinski definition) is 4. The summed E-state index contributed by atoms with van der Waals surface area (Å²) in [5.74, 6) is 0.820. The molecule has 1 aromatic heterocycles. The molecule has 1 rings (SSSR count). The summed E-state index contributed by atoms with van der Waals surface area (Å²) in [5.41, 5.74) is 7.68. The smallest absolute Gasteiger partial charge is 0.151 e. The molecule has 84 valence electrons. The lowest BCUT2D eigenvalue weighted by Gasteiger charge is -2.19. The molecule has 0 aliphatic rings. The van der Waals surface area contributed by atoms with E-state index in [1.807, 2.05) is 38.1 Å². The highest BCUT2D eigenvalue weighted by Crippen LogP contribution is 2.19. The lowest BCUT2D eigenvalue weighted by Crippen LogP contribution is -2.24. The van der Waals surface area contributed by atoms with Gasteiger partial charge in [0.05, 0.1) is 12.3 Å². The molecule has 4 nitrogen and oxygen atoms in total. The van der Waals surface area contributed by atoms with E-state index in [-0.39, 0.29) is 0 Å². The minimum Gasteiger partial charge on any atom is -0.396 e. The Bertz CT molecular complexity index is 315. The molecule has 0 unspecified atom stereocenters. The third-order valence-electron chi connectivity index (χ3n) is 2.17. The lowest BCUT2D eigenvalue weighted by molar-refractivity contribution is 0.154. The van der Waals surface area contributed by atoms with E-state index in [1.54, 1.807) is 0 Å². The summed E-state index contributed by atoms with van der Waals surface area (Å²) in [6.07, 6.45) is 1.82. The average molecular weight is 209 g/mol. The number of nitrogens with zero attached hydrogens (tertiary/aromatic N) is 2. The van der Waals surface area contributed by atoms with Crippen molar-refractivity contribution in [2.24, 2.45) is 0 Å². The summed E-state index contributed by atoms with van der Waals surface area (Å²) in [5, 5.41) is 0. The van der Waals surface area contributed by atoms with E-state index in [4.69, 9.17) is 10.5 Å². The highest BCUT2D eigenvalue weighted by Gasteiger charge is 2.06. The molecule has 0 radical (unpaired) electrons. The summed E-state index contributed by atoms with van der Waals surface area (Å²) in [6, 6.07) is 1.93. The zero-order valence-electron chi connectivity index (χ0n) is 9.66. The number of ether oxygens (including phenoxy) is 1. The Morgan fingerprint density at radius 3 is 2.87 bits per heavy atom. The Hall–Kier alpha value is -1.29. The highest BCUT2D eigenvalue weighted by atomic mass is 16.5. The third kappa shape index (κ3) is 3.40. The maximum atomic E-state index is 5.88. The molecule has 0 aliphatic heterocycles. The van der Waals surface area contributed by atoms with Crippen LogP contribution in [0.1, 0.15) is 12.5 Å². The van der Waals surface area contributed by atoms with Crippen LogP contribution in [0.15, 0.2) is 12.3 Å². The molecule has 0 aliphatic carbocycles. The van der Waals surface area contributed by atoms with Crippen molar-refractivity contribution in [2.75, 3.05) is 37.4 Å². The fourth-order valence-electron chi connectivity index (χ4n) is 1.36. The summed E-state index contributed by atoms with van der Waals surface area (Å²) in [7, 11) is 1.97. The van der Waals surface area contributed by atoms with Gasteiger partial charge in [0.15, 0.2) is 5.82 Å². The minimum absolute atomic E-state index is 0.696. The lowest BCUT2D eigenvalue weighted by atomic mass is 10.3. The van der Waals surface area contributed by atoms with Crippen LogP contribution < -0.4 is 10.6 Å². The zero-order chi connectivity index (χ0) is 11.3. The number of aromatic nitrogens is 1. The van der Waals surface area contributed by atoms with Gasteiger partial charge in [-0.1, -0.05) is 0 Å². The summed E-state index contributed by atoms with van der Waals surface area (Å²) >= 11 is 0. The molecule has 1 aromatic rings. The minimum atomic E-state index is 0.696. The van der Waals surface area contributed by atoms with Crippen molar-refractivity contribution >= 4 is 11.5 Å². The van der Waals surface area contributed by atoms with Gasteiger partial charge in [-0.3, -0.25) is 0 Å². The van der Waals surface area contributed by atoms with E-state index in [9.17, 15) is 0 Å². The zero-order valence-corrected chi connectivity index (χ0v) is 9.66. The first-order valence-electron chi connectivity index (χ1n) is 5.16. The molecule has 0 saturated heterocycles. The number of nitrogen functional groups attached to an aromatic ring is 1. The summed E-state index contributed by atoms with van der Waals surface area (Å²) in [6.45, 7) is 6.20. The number of nitrogens with two attached hydrogens (primary N) is 1. The molecule has 15 heavy (non-hydrogen) atoms. The molecular weight excluding hydrogens is 190 g/mol. The van der Waals surface area contributed by atoms with E-state index in [0.717, 1.165) is 24.5 Å². The van der Waals surface area contributed by atoms with Crippen LogP contribution in [0.5, 0.6) is 0 Å². The molecule has 2 N–H and O–H groups in total. The van der Waals surface area contributed by atoms with E-state index >= 15 is 0 Å². The maximum Gasteiger partial charge on any atom is 0.151 e. The van der Waals surface area contributed by atoms with E-state index in [0.29, 0.717) is 12.3 Å². The Labute approximate surface area is 91.1 Å². The Balaban J connectivity index is 2.61. The molecule has 0 spiro atoms. The fourth-order valence-corrected chi connectivity index (χ4v) is 1.36. The van der Waals surface area contributed by atoms with Crippen molar-refractivity contribution in [3.63, 3.8) is 0 Å². The van der Waals surface area contributed by atoms with Crippen molar-refractivity contribution in [3.05, 3.63) is 17.8 Å². The van der Waals surface area contributed by atoms with Crippen LogP contribution in [-0.4, -0.2) is 31.8 Å². The van der Waals surface area contributed by atoms with Gasteiger partial charge < -0.3 is 15.4 Å². The number of hydrogen-bond donors (Lipinski definition) is 1. The number of aryl methyl sites for hydroxylation is 1. The Morgan fingerprint density at radius 2 is 2.27 bits per heavy atom. The highest BCUT2D eigenvalue weighted by molar-refractivity contribution is 5.62.